The van der Waals surface area contributed by atoms with E-state index < -0.39 is 0 Å². The van der Waals surface area contributed by atoms with Gasteiger partial charge in [-0.2, -0.15) is 0 Å². The number of carbonyl (C=O) groups excluding carboxylic acids is 1. The highest BCUT2D eigenvalue weighted by Crippen LogP contribution is 2.27. The number of nitrogens with zero attached hydrogens (tertiary/aromatic N) is 1. The van der Waals surface area contributed by atoms with E-state index in [1.54, 1.807) is 0 Å². The van der Waals surface area contributed by atoms with Crippen LogP contribution in [0.2, 0.25) is 0 Å². The molecule has 3 aromatic carbocycles. The minimum absolute atomic E-state index is 0.0192. The third-order valence-electron chi connectivity index (χ3n) is 7.00. The zero-order chi connectivity index (χ0) is 22.9. The molecule has 5 N–H and O–H groups in total. The second-order valence-corrected chi connectivity index (χ2v) is 9.45. The van der Waals surface area contributed by atoms with Crippen LogP contribution >= 0.6 is 0 Å². The predicted octanol–water partition coefficient (Wildman–Crippen LogP) is 4.86. The van der Waals surface area contributed by atoms with Gasteiger partial charge in [-0.05, 0) is 66.6 Å². The SMILES string of the molecule is CC(N)c1ccc2cc(C(=O)N[C@H]3CC[C@H](N)CC3)n(Cc3cccc4ccccc34)c2c1. The number of hydrogen-bond donors (Lipinski definition) is 3. The van der Waals surface area contributed by atoms with Crippen LogP contribution in [-0.2, 0) is 6.54 Å². The van der Waals surface area contributed by atoms with Crippen molar-refractivity contribution in [3.63, 3.8) is 0 Å². The molecule has 0 bridgehead atoms. The smallest absolute Gasteiger partial charge is 0.268 e. The van der Waals surface area contributed by atoms with Gasteiger partial charge in [-0.25, -0.2) is 0 Å². The highest BCUT2D eigenvalue weighted by molar-refractivity contribution is 5.99. The summed E-state index contributed by atoms with van der Waals surface area (Å²) in [7, 11) is 0. The molecule has 1 heterocycles. The molecule has 0 spiro atoms. The van der Waals surface area contributed by atoms with Gasteiger partial charge in [-0.15, -0.1) is 0 Å². The summed E-state index contributed by atoms with van der Waals surface area (Å²) in [5, 5.41) is 6.74. The lowest BCUT2D eigenvalue weighted by atomic mass is 9.92. The maximum Gasteiger partial charge on any atom is 0.268 e. The van der Waals surface area contributed by atoms with Crippen LogP contribution in [0.3, 0.4) is 0 Å². The molecule has 1 aromatic heterocycles. The summed E-state index contributed by atoms with van der Waals surface area (Å²) in [5.74, 6) is -0.0192. The zero-order valence-electron chi connectivity index (χ0n) is 19.1. The number of carbonyl (C=O) groups is 1. The van der Waals surface area contributed by atoms with Gasteiger partial charge >= 0.3 is 0 Å². The molecule has 1 amide bonds. The van der Waals surface area contributed by atoms with E-state index in [-0.39, 0.29) is 24.0 Å². The van der Waals surface area contributed by atoms with Crippen molar-refractivity contribution in [3.8, 4) is 0 Å². The summed E-state index contributed by atoms with van der Waals surface area (Å²) in [6.07, 6.45) is 3.79. The van der Waals surface area contributed by atoms with Gasteiger partial charge in [0.2, 0.25) is 0 Å². The van der Waals surface area contributed by atoms with E-state index in [9.17, 15) is 4.79 Å². The molecule has 0 saturated heterocycles. The maximum absolute atomic E-state index is 13.5. The van der Waals surface area contributed by atoms with E-state index in [2.05, 4.69) is 70.5 Å². The first kappa shape index (κ1) is 21.7. The van der Waals surface area contributed by atoms with Crippen LogP contribution in [-0.4, -0.2) is 22.6 Å². The summed E-state index contributed by atoms with van der Waals surface area (Å²) < 4.78 is 2.15. The maximum atomic E-state index is 13.5. The minimum Gasteiger partial charge on any atom is -0.348 e. The van der Waals surface area contributed by atoms with Gasteiger partial charge in [0.25, 0.3) is 5.91 Å². The normalized spacial score (nSPS) is 19.6. The lowest BCUT2D eigenvalue weighted by molar-refractivity contribution is 0.0917. The number of aromatic nitrogens is 1. The Morgan fingerprint density at radius 2 is 1.76 bits per heavy atom. The second kappa shape index (κ2) is 9.00. The Bertz CT molecular complexity index is 1290. The largest absolute Gasteiger partial charge is 0.348 e. The van der Waals surface area contributed by atoms with Gasteiger partial charge in [-0.1, -0.05) is 54.6 Å². The van der Waals surface area contributed by atoms with Crippen molar-refractivity contribution in [2.24, 2.45) is 11.5 Å². The quantitative estimate of drug-likeness (QED) is 0.414. The first-order valence-electron chi connectivity index (χ1n) is 11.9. The fraction of sp³-hybridized carbons (Fsp3) is 0.321. The van der Waals surface area contributed by atoms with E-state index in [1.807, 2.05) is 13.0 Å². The van der Waals surface area contributed by atoms with Crippen LogP contribution in [0.1, 0.15) is 60.3 Å². The van der Waals surface area contributed by atoms with Gasteiger partial charge in [0, 0.05) is 35.6 Å². The number of rotatable bonds is 5. The summed E-state index contributed by atoms with van der Waals surface area (Å²) >= 11 is 0. The van der Waals surface area contributed by atoms with Crippen LogP contribution in [0, 0.1) is 0 Å². The fourth-order valence-corrected chi connectivity index (χ4v) is 5.04. The molecule has 1 unspecified atom stereocenters. The lowest BCUT2D eigenvalue weighted by Gasteiger charge is -2.27. The van der Waals surface area contributed by atoms with Gasteiger partial charge in [0.15, 0.2) is 0 Å². The Balaban J connectivity index is 1.57. The molecule has 1 aliphatic rings. The van der Waals surface area contributed by atoms with Crippen LogP contribution in [0.5, 0.6) is 0 Å². The molecule has 5 nitrogen and oxygen atoms in total. The molecule has 4 aromatic rings. The molecule has 0 radical (unpaired) electrons. The van der Waals surface area contributed by atoms with E-state index >= 15 is 0 Å². The van der Waals surface area contributed by atoms with Gasteiger partial charge in [0.1, 0.15) is 5.69 Å². The Hall–Kier alpha value is -3.15. The van der Waals surface area contributed by atoms with Crippen LogP contribution in [0.25, 0.3) is 21.7 Å². The van der Waals surface area contributed by atoms with Crippen molar-refractivity contribution < 1.29 is 4.79 Å². The molecule has 1 fully saturated rings. The van der Waals surface area contributed by atoms with E-state index in [4.69, 9.17) is 11.5 Å². The van der Waals surface area contributed by atoms with Crippen LogP contribution in [0.4, 0.5) is 0 Å². The highest BCUT2D eigenvalue weighted by atomic mass is 16.2. The molecule has 5 heteroatoms. The van der Waals surface area contributed by atoms with E-state index in [0.29, 0.717) is 12.2 Å². The average Bonchev–Trinajstić information content (AvgIpc) is 3.18. The number of nitrogens with two attached hydrogens (primary N) is 2. The minimum atomic E-state index is -0.0703. The first-order chi connectivity index (χ1) is 16.0. The van der Waals surface area contributed by atoms with E-state index in [0.717, 1.165) is 42.1 Å². The molecular weight excluding hydrogens is 408 g/mol. The van der Waals surface area contributed by atoms with Crippen molar-refractivity contribution in [2.45, 2.75) is 57.3 Å². The Kier molecular flexibility index (Phi) is 5.92. The molecule has 0 aliphatic heterocycles. The van der Waals surface area contributed by atoms with Crippen molar-refractivity contribution in [1.29, 1.82) is 0 Å². The van der Waals surface area contributed by atoms with Gasteiger partial charge in [0.05, 0.1) is 0 Å². The molecule has 1 atom stereocenters. The van der Waals surface area contributed by atoms with Crippen molar-refractivity contribution in [1.82, 2.24) is 9.88 Å². The Labute approximate surface area is 194 Å². The van der Waals surface area contributed by atoms with Crippen molar-refractivity contribution in [3.05, 3.63) is 83.6 Å². The third kappa shape index (κ3) is 4.39. The number of amides is 1. The predicted molar refractivity (Wildman–Crippen MR) is 135 cm³/mol. The topological polar surface area (TPSA) is 86.1 Å². The van der Waals surface area contributed by atoms with E-state index in [1.165, 1.54) is 16.3 Å². The van der Waals surface area contributed by atoms with Crippen LogP contribution < -0.4 is 16.8 Å². The Morgan fingerprint density at radius 1 is 1.00 bits per heavy atom. The van der Waals surface area contributed by atoms with Crippen molar-refractivity contribution >= 4 is 27.6 Å². The fourth-order valence-electron chi connectivity index (χ4n) is 5.04. The summed E-state index contributed by atoms with van der Waals surface area (Å²) in [6, 6.07) is 23.4. The molecule has 33 heavy (non-hydrogen) atoms. The number of fused-ring (bicyclic) bond motifs is 2. The Morgan fingerprint density at radius 3 is 2.55 bits per heavy atom. The molecule has 1 aliphatic carbocycles. The molecule has 1 saturated carbocycles. The summed E-state index contributed by atoms with van der Waals surface area (Å²) in [5.41, 5.74) is 16.2. The molecule has 5 rings (SSSR count). The van der Waals surface area contributed by atoms with Gasteiger partial charge in [-0.3, -0.25) is 4.79 Å². The molecule has 170 valence electrons. The van der Waals surface area contributed by atoms with Gasteiger partial charge < -0.3 is 21.4 Å². The van der Waals surface area contributed by atoms with Crippen molar-refractivity contribution in [2.75, 3.05) is 0 Å². The summed E-state index contributed by atoms with van der Waals surface area (Å²) in [4.78, 5) is 13.5. The zero-order valence-corrected chi connectivity index (χ0v) is 19.1. The molecular formula is C28H32N4O. The monoisotopic (exact) mass is 440 g/mol. The standard InChI is InChI=1S/C28H32N4O/c1-18(29)20-9-10-21-16-27(28(33)31-24-13-11-23(30)12-14-24)32(26(21)15-20)17-22-7-4-6-19-5-2-3-8-25(19)22/h2-10,15-16,18,23-24H,11-14,17,29-30H2,1H3,(H,31,33)/t18?,23-,24-. The highest BCUT2D eigenvalue weighted by Gasteiger charge is 2.23. The third-order valence-corrected chi connectivity index (χ3v) is 7.00. The summed E-state index contributed by atoms with van der Waals surface area (Å²) in [6.45, 7) is 2.60. The first-order valence-corrected chi connectivity index (χ1v) is 11.9. The average molecular weight is 441 g/mol. The number of benzene rings is 3. The lowest BCUT2D eigenvalue weighted by Crippen LogP contribution is -2.41. The number of hydrogen-bond acceptors (Lipinski definition) is 3. The second-order valence-electron chi connectivity index (χ2n) is 9.45. The van der Waals surface area contributed by atoms with Crippen LogP contribution in [0.15, 0.2) is 66.7 Å². The number of nitrogens with one attached hydrogen (secondary N) is 1.